The van der Waals surface area contributed by atoms with E-state index in [0.717, 1.165) is 12.1 Å². The van der Waals surface area contributed by atoms with Gasteiger partial charge >= 0.3 is 0 Å². The summed E-state index contributed by atoms with van der Waals surface area (Å²) in [6.45, 7) is 2.07. The fourth-order valence-corrected chi connectivity index (χ4v) is 2.31. The molecule has 1 unspecified atom stereocenters. The lowest BCUT2D eigenvalue weighted by atomic mass is 10.1. The van der Waals surface area contributed by atoms with Crippen molar-refractivity contribution in [1.82, 2.24) is 0 Å². The maximum absolute atomic E-state index is 13.3. The van der Waals surface area contributed by atoms with Crippen LogP contribution < -0.4 is 11.1 Å². The highest BCUT2D eigenvalue weighted by Gasteiger charge is 2.09. The fraction of sp³-hybridized carbons (Fsp3) is 0.200. The molecular formula is C15H16BrFN2. The highest BCUT2D eigenvalue weighted by atomic mass is 79.9. The van der Waals surface area contributed by atoms with Crippen LogP contribution >= 0.6 is 15.9 Å². The van der Waals surface area contributed by atoms with E-state index in [-0.39, 0.29) is 11.9 Å². The number of nitrogens with two attached hydrogens (primary N) is 1. The Labute approximate surface area is 121 Å². The molecule has 0 aromatic heterocycles. The van der Waals surface area contributed by atoms with Crippen molar-refractivity contribution in [3.05, 3.63) is 58.3 Å². The Kier molecular flexibility index (Phi) is 4.43. The summed E-state index contributed by atoms with van der Waals surface area (Å²) < 4.78 is 13.7. The van der Waals surface area contributed by atoms with E-state index < -0.39 is 0 Å². The first-order valence-electron chi connectivity index (χ1n) is 6.11. The Morgan fingerprint density at radius 2 is 1.95 bits per heavy atom. The third kappa shape index (κ3) is 3.70. The van der Waals surface area contributed by atoms with Crippen LogP contribution in [0.15, 0.2) is 46.9 Å². The second kappa shape index (κ2) is 6.06. The highest BCUT2D eigenvalue weighted by Crippen LogP contribution is 2.27. The van der Waals surface area contributed by atoms with Crippen LogP contribution in [0.5, 0.6) is 0 Å². The summed E-state index contributed by atoms with van der Waals surface area (Å²) >= 11 is 3.17. The molecule has 2 aromatic rings. The predicted octanol–water partition coefficient (Wildman–Crippen LogP) is 4.21. The van der Waals surface area contributed by atoms with Crippen molar-refractivity contribution in [2.45, 2.75) is 19.4 Å². The molecule has 2 rings (SSSR count). The molecule has 0 radical (unpaired) electrons. The van der Waals surface area contributed by atoms with Gasteiger partial charge in [-0.3, -0.25) is 0 Å². The Balaban J connectivity index is 2.07. The van der Waals surface area contributed by atoms with Gasteiger partial charge in [-0.1, -0.05) is 30.3 Å². The molecule has 1 atom stereocenters. The summed E-state index contributed by atoms with van der Waals surface area (Å²) in [7, 11) is 0. The Morgan fingerprint density at radius 1 is 1.26 bits per heavy atom. The van der Waals surface area contributed by atoms with Crippen LogP contribution in [0, 0.1) is 5.82 Å². The van der Waals surface area contributed by atoms with Crippen molar-refractivity contribution >= 4 is 27.3 Å². The molecule has 0 saturated heterocycles. The van der Waals surface area contributed by atoms with Crippen LogP contribution in [0.1, 0.15) is 12.5 Å². The van der Waals surface area contributed by atoms with Crippen LogP contribution in [0.25, 0.3) is 0 Å². The SMILES string of the molecule is CC(Cc1ccccc1)Nc1cc(Br)c(F)cc1N. The third-order valence-electron chi connectivity index (χ3n) is 2.88. The van der Waals surface area contributed by atoms with Crippen LogP contribution in [0.2, 0.25) is 0 Å². The lowest BCUT2D eigenvalue weighted by molar-refractivity contribution is 0.622. The number of nitrogen functional groups attached to an aromatic ring is 1. The van der Waals surface area contributed by atoms with E-state index in [9.17, 15) is 4.39 Å². The largest absolute Gasteiger partial charge is 0.397 e. The van der Waals surface area contributed by atoms with Crippen LogP contribution in [0.3, 0.4) is 0 Å². The van der Waals surface area contributed by atoms with Gasteiger partial charge in [0.15, 0.2) is 0 Å². The van der Waals surface area contributed by atoms with Gasteiger partial charge in [-0.2, -0.15) is 0 Å². The first-order valence-corrected chi connectivity index (χ1v) is 6.90. The standard InChI is InChI=1S/C15H16BrFN2/c1-10(7-11-5-3-2-4-6-11)19-15-8-12(16)13(17)9-14(15)18/h2-6,8-10,19H,7,18H2,1H3. The normalized spacial score (nSPS) is 12.2. The summed E-state index contributed by atoms with van der Waals surface area (Å²) in [6.07, 6.45) is 0.884. The summed E-state index contributed by atoms with van der Waals surface area (Å²) in [5.41, 5.74) is 8.22. The number of anilines is 2. The lowest BCUT2D eigenvalue weighted by Gasteiger charge is -2.17. The van der Waals surface area contributed by atoms with Crippen molar-refractivity contribution in [1.29, 1.82) is 0 Å². The van der Waals surface area contributed by atoms with Gasteiger partial charge in [0, 0.05) is 12.1 Å². The van der Waals surface area contributed by atoms with E-state index in [2.05, 4.69) is 40.3 Å². The number of halogens is 2. The van der Waals surface area contributed by atoms with E-state index >= 15 is 0 Å². The van der Waals surface area contributed by atoms with Crippen molar-refractivity contribution in [2.24, 2.45) is 0 Å². The van der Waals surface area contributed by atoms with Crippen molar-refractivity contribution in [3.8, 4) is 0 Å². The van der Waals surface area contributed by atoms with Gasteiger partial charge in [0.2, 0.25) is 0 Å². The molecule has 2 aromatic carbocycles. The zero-order valence-corrected chi connectivity index (χ0v) is 12.2. The molecule has 0 amide bonds. The van der Waals surface area contributed by atoms with Gasteiger partial charge < -0.3 is 11.1 Å². The van der Waals surface area contributed by atoms with Gasteiger partial charge in [0.05, 0.1) is 15.8 Å². The highest BCUT2D eigenvalue weighted by molar-refractivity contribution is 9.10. The predicted molar refractivity (Wildman–Crippen MR) is 81.7 cm³/mol. The Morgan fingerprint density at radius 3 is 2.63 bits per heavy atom. The summed E-state index contributed by atoms with van der Waals surface area (Å²) in [5, 5.41) is 3.31. The number of benzene rings is 2. The number of nitrogens with one attached hydrogen (secondary N) is 1. The Hall–Kier alpha value is -1.55. The van der Waals surface area contributed by atoms with Crippen molar-refractivity contribution in [3.63, 3.8) is 0 Å². The minimum atomic E-state index is -0.348. The van der Waals surface area contributed by atoms with E-state index in [4.69, 9.17) is 5.73 Å². The first kappa shape index (κ1) is 13.9. The molecule has 2 nitrogen and oxygen atoms in total. The van der Waals surface area contributed by atoms with Crippen LogP contribution in [-0.2, 0) is 6.42 Å². The maximum atomic E-state index is 13.3. The van der Waals surface area contributed by atoms with E-state index in [0.29, 0.717) is 10.2 Å². The molecule has 0 bridgehead atoms. The molecule has 100 valence electrons. The number of rotatable bonds is 4. The molecule has 0 aliphatic rings. The maximum Gasteiger partial charge on any atom is 0.139 e. The Bertz CT molecular complexity index is 558. The quantitative estimate of drug-likeness (QED) is 0.827. The average molecular weight is 323 g/mol. The molecule has 0 saturated carbocycles. The van der Waals surface area contributed by atoms with Crippen LogP contribution in [-0.4, -0.2) is 6.04 Å². The third-order valence-corrected chi connectivity index (χ3v) is 3.49. The molecule has 0 fully saturated rings. The number of hydrogen-bond donors (Lipinski definition) is 2. The van der Waals surface area contributed by atoms with E-state index in [1.165, 1.54) is 11.6 Å². The van der Waals surface area contributed by atoms with Gasteiger partial charge in [-0.15, -0.1) is 0 Å². The smallest absolute Gasteiger partial charge is 0.139 e. The zero-order valence-electron chi connectivity index (χ0n) is 10.7. The molecule has 0 aliphatic heterocycles. The number of hydrogen-bond acceptors (Lipinski definition) is 2. The summed E-state index contributed by atoms with van der Waals surface area (Å²) in [5.74, 6) is -0.348. The molecule has 0 heterocycles. The fourth-order valence-electron chi connectivity index (χ4n) is 1.97. The molecular weight excluding hydrogens is 307 g/mol. The second-order valence-electron chi connectivity index (χ2n) is 4.59. The van der Waals surface area contributed by atoms with Crippen molar-refractivity contribution < 1.29 is 4.39 Å². The lowest BCUT2D eigenvalue weighted by Crippen LogP contribution is -2.19. The molecule has 19 heavy (non-hydrogen) atoms. The second-order valence-corrected chi connectivity index (χ2v) is 5.44. The van der Waals surface area contributed by atoms with E-state index in [1.54, 1.807) is 6.07 Å². The first-order chi connectivity index (χ1) is 9.06. The summed E-state index contributed by atoms with van der Waals surface area (Å²) in [6, 6.07) is 13.4. The minimum absolute atomic E-state index is 0.210. The van der Waals surface area contributed by atoms with E-state index in [1.807, 2.05) is 18.2 Å². The van der Waals surface area contributed by atoms with Crippen molar-refractivity contribution in [2.75, 3.05) is 11.1 Å². The minimum Gasteiger partial charge on any atom is -0.397 e. The topological polar surface area (TPSA) is 38.0 Å². The monoisotopic (exact) mass is 322 g/mol. The molecule has 0 spiro atoms. The average Bonchev–Trinajstić information content (AvgIpc) is 2.37. The molecule has 0 aliphatic carbocycles. The van der Waals surface area contributed by atoms with Crippen LogP contribution in [0.4, 0.5) is 15.8 Å². The van der Waals surface area contributed by atoms with Gasteiger partial charge in [0.1, 0.15) is 5.82 Å². The summed E-state index contributed by atoms with van der Waals surface area (Å²) in [4.78, 5) is 0. The molecule has 3 N–H and O–H groups in total. The van der Waals surface area contributed by atoms with Gasteiger partial charge in [-0.05, 0) is 40.9 Å². The van der Waals surface area contributed by atoms with Gasteiger partial charge in [-0.25, -0.2) is 4.39 Å². The van der Waals surface area contributed by atoms with Gasteiger partial charge in [0.25, 0.3) is 0 Å². The zero-order chi connectivity index (χ0) is 13.8. The molecule has 4 heteroatoms.